The summed E-state index contributed by atoms with van der Waals surface area (Å²) in [6, 6.07) is 11.5. The second kappa shape index (κ2) is 5.70. The van der Waals surface area contributed by atoms with Gasteiger partial charge in [0.1, 0.15) is 11.5 Å². The molecule has 1 heterocycles. The molecule has 7 heteroatoms. The largest absolute Gasteiger partial charge is 0.465 e. The predicted molar refractivity (Wildman–Crippen MR) is 74.7 cm³/mol. The van der Waals surface area contributed by atoms with Crippen LogP contribution in [0, 0.1) is 0 Å². The smallest absolute Gasteiger partial charge is 0.410 e. The van der Waals surface area contributed by atoms with E-state index in [-0.39, 0.29) is 17.2 Å². The number of benzene rings is 1. The fourth-order valence-corrected chi connectivity index (χ4v) is 1.56. The number of amides is 2. The molecular weight excluding hydrogens is 260 g/mol. The van der Waals surface area contributed by atoms with Crippen LogP contribution < -0.4 is 16.4 Å². The lowest BCUT2D eigenvalue weighted by atomic mass is 10.2. The van der Waals surface area contributed by atoms with Crippen LogP contribution in [0.4, 0.5) is 22.0 Å². The summed E-state index contributed by atoms with van der Waals surface area (Å²) >= 11 is 0. The number of rotatable bonds is 3. The lowest BCUT2D eigenvalue weighted by Gasteiger charge is -2.07. The highest BCUT2D eigenvalue weighted by molar-refractivity contribution is 6.03. The number of nitrogens with zero attached hydrogens (tertiary/aromatic N) is 1. The first kappa shape index (κ1) is 13.3. The Kier molecular flexibility index (Phi) is 3.80. The number of nitrogens with one attached hydrogen (secondary N) is 2. The van der Waals surface area contributed by atoms with E-state index in [2.05, 4.69) is 15.6 Å². The van der Waals surface area contributed by atoms with Gasteiger partial charge in [-0.1, -0.05) is 18.2 Å². The fourth-order valence-electron chi connectivity index (χ4n) is 1.56. The number of carbonyl (C=O) groups is 2. The molecular formula is C13H12N4O3. The molecule has 0 fully saturated rings. The van der Waals surface area contributed by atoms with E-state index < -0.39 is 12.0 Å². The minimum Gasteiger partial charge on any atom is -0.465 e. The van der Waals surface area contributed by atoms with E-state index in [1.54, 1.807) is 24.3 Å². The van der Waals surface area contributed by atoms with Crippen LogP contribution in [0.2, 0.25) is 0 Å². The molecule has 7 nitrogen and oxygen atoms in total. The molecule has 2 amide bonds. The van der Waals surface area contributed by atoms with Gasteiger partial charge in [-0.3, -0.25) is 10.1 Å². The Morgan fingerprint density at radius 2 is 1.80 bits per heavy atom. The molecule has 0 radical (unpaired) electrons. The van der Waals surface area contributed by atoms with Gasteiger partial charge in [0.15, 0.2) is 0 Å². The van der Waals surface area contributed by atoms with E-state index in [1.165, 1.54) is 12.1 Å². The van der Waals surface area contributed by atoms with Gasteiger partial charge in [-0.05, 0) is 18.2 Å². The van der Waals surface area contributed by atoms with Crippen LogP contribution in [0.1, 0.15) is 10.5 Å². The Morgan fingerprint density at radius 3 is 2.45 bits per heavy atom. The summed E-state index contributed by atoms with van der Waals surface area (Å²) in [4.78, 5) is 26.4. The summed E-state index contributed by atoms with van der Waals surface area (Å²) in [6.07, 6.45) is -1.28. The van der Waals surface area contributed by atoms with Crippen molar-refractivity contribution in [3.05, 3.63) is 48.2 Å². The number of aromatic nitrogens is 1. The Bertz CT molecular complexity index is 643. The van der Waals surface area contributed by atoms with Gasteiger partial charge in [-0.25, -0.2) is 9.78 Å². The van der Waals surface area contributed by atoms with E-state index in [0.29, 0.717) is 5.69 Å². The number of hydrogen-bond acceptors (Lipinski definition) is 4. The highest BCUT2D eigenvalue weighted by Gasteiger charge is 2.11. The van der Waals surface area contributed by atoms with Crippen molar-refractivity contribution in [3.8, 4) is 0 Å². The summed E-state index contributed by atoms with van der Waals surface area (Å²) in [7, 11) is 0. The van der Waals surface area contributed by atoms with Gasteiger partial charge in [0.05, 0.1) is 0 Å². The zero-order valence-electron chi connectivity index (χ0n) is 10.3. The van der Waals surface area contributed by atoms with Gasteiger partial charge in [0.25, 0.3) is 5.91 Å². The fraction of sp³-hybridized carbons (Fsp3) is 0. The van der Waals surface area contributed by atoms with Crippen LogP contribution in [-0.2, 0) is 0 Å². The van der Waals surface area contributed by atoms with Crippen molar-refractivity contribution in [1.82, 2.24) is 4.98 Å². The van der Waals surface area contributed by atoms with Crippen LogP contribution in [0.5, 0.6) is 0 Å². The van der Waals surface area contributed by atoms with Crippen LogP contribution in [-0.4, -0.2) is 22.1 Å². The zero-order valence-corrected chi connectivity index (χ0v) is 10.3. The number of carboxylic acid groups (broad SMARTS) is 1. The van der Waals surface area contributed by atoms with Crippen molar-refractivity contribution in [1.29, 1.82) is 0 Å². The first-order valence-corrected chi connectivity index (χ1v) is 5.68. The third-order valence-electron chi connectivity index (χ3n) is 2.35. The van der Waals surface area contributed by atoms with Gasteiger partial charge in [0, 0.05) is 17.4 Å². The van der Waals surface area contributed by atoms with Crippen molar-refractivity contribution in [3.63, 3.8) is 0 Å². The number of pyridine rings is 1. The number of nitrogens with two attached hydrogens (primary N) is 1. The van der Waals surface area contributed by atoms with Gasteiger partial charge in [-0.2, -0.15) is 0 Å². The Morgan fingerprint density at radius 1 is 1.10 bits per heavy atom. The third kappa shape index (κ3) is 3.45. The Labute approximate surface area is 114 Å². The topological polar surface area (TPSA) is 117 Å². The van der Waals surface area contributed by atoms with Crippen molar-refractivity contribution >= 4 is 29.2 Å². The molecule has 1 aromatic heterocycles. The van der Waals surface area contributed by atoms with Crippen LogP contribution in [0.15, 0.2) is 42.5 Å². The van der Waals surface area contributed by atoms with Crippen molar-refractivity contribution in [2.24, 2.45) is 0 Å². The monoisotopic (exact) mass is 272 g/mol. The van der Waals surface area contributed by atoms with E-state index in [9.17, 15) is 9.59 Å². The number of anilines is 3. The van der Waals surface area contributed by atoms with Gasteiger partial charge in [0.2, 0.25) is 0 Å². The SMILES string of the molecule is Nc1cc(NC(=O)O)nc(C(=O)Nc2ccccc2)c1. The molecule has 5 N–H and O–H groups in total. The molecule has 0 aliphatic heterocycles. The summed E-state index contributed by atoms with van der Waals surface area (Å²) in [5, 5.41) is 13.3. The maximum absolute atomic E-state index is 12.0. The molecule has 0 saturated carbocycles. The Balaban J connectivity index is 2.21. The molecule has 2 rings (SSSR count). The first-order valence-electron chi connectivity index (χ1n) is 5.68. The van der Waals surface area contributed by atoms with E-state index in [4.69, 9.17) is 10.8 Å². The maximum atomic E-state index is 12.0. The number of hydrogen-bond donors (Lipinski definition) is 4. The second-order valence-electron chi connectivity index (χ2n) is 3.92. The molecule has 1 aromatic carbocycles. The lowest BCUT2D eigenvalue weighted by Crippen LogP contribution is -2.16. The van der Waals surface area contributed by atoms with Gasteiger partial charge < -0.3 is 16.2 Å². The average Bonchev–Trinajstić information content (AvgIpc) is 2.38. The summed E-state index contributed by atoms with van der Waals surface area (Å²) in [5.74, 6) is -0.479. The predicted octanol–water partition coefficient (Wildman–Crippen LogP) is 2.01. The van der Waals surface area contributed by atoms with Crippen LogP contribution in [0.25, 0.3) is 0 Å². The quantitative estimate of drug-likeness (QED) is 0.681. The van der Waals surface area contributed by atoms with E-state index in [1.807, 2.05) is 6.07 Å². The van der Waals surface area contributed by atoms with Crippen molar-refractivity contribution < 1.29 is 14.7 Å². The molecule has 20 heavy (non-hydrogen) atoms. The zero-order chi connectivity index (χ0) is 14.5. The highest BCUT2D eigenvalue weighted by atomic mass is 16.4. The van der Waals surface area contributed by atoms with Crippen LogP contribution >= 0.6 is 0 Å². The number of carbonyl (C=O) groups excluding carboxylic acids is 1. The van der Waals surface area contributed by atoms with Gasteiger partial charge in [-0.15, -0.1) is 0 Å². The Hall–Kier alpha value is -3.09. The molecule has 0 bridgehead atoms. The normalized spacial score (nSPS) is 9.80. The summed E-state index contributed by atoms with van der Waals surface area (Å²) < 4.78 is 0. The number of nitrogen functional groups attached to an aromatic ring is 1. The summed E-state index contributed by atoms with van der Waals surface area (Å²) in [5.41, 5.74) is 6.48. The molecule has 2 aromatic rings. The van der Waals surface area contributed by atoms with Crippen molar-refractivity contribution in [2.75, 3.05) is 16.4 Å². The van der Waals surface area contributed by atoms with Crippen molar-refractivity contribution in [2.45, 2.75) is 0 Å². The van der Waals surface area contributed by atoms with E-state index in [0.717, 1.165) is 0 Å². The number of para-hydroxylation sites is 1. The molecule has 102 valence electrons. The highest BCUT2D eigenvalue weighted by Crippen LogP contribution is 2.14. The molecule has 0 unspecified atom stereocenters. The molecule has 0 saturated heterocycles. The minimum absolute atomic E-state index is 0.00397. The lowest BCUT2D eigenvalue weighted by molar-refractivity contribution is 0.102. The average molecular weight is 272 g/mol. The molecule has 0 aliphatic rings. The molecule has 0 aliphatic carbocycles. The second-order valence-corrected chi connectivity index (χ2v) is 3.92. The van der Waals surface area contributed by atoms with Crippen LogP contribution in [0.3, 0.4) is 0 Å². The third-order valence-corrected chi connectivity index (χ3v) is 2.35. The molecule has 0 atom stereocenters. The summed E-state index contributed by atoms with van der Waals surface area (Å²) in [6.45, 7) is 0. The maximum Gasteiger partial charge on any atom is 0.410 e. The molecule has 0 spiro atoms. The van der Waals surface area contributed by atoms with Gasteiger partial charge >= 0.3 is 6.09 Å². The minimum atomic E-state index is -1.28. The van der Waals surface area contributed by atoms with E-state index >= 15 is 0 Å². The standard InChI is InChI=1S/C13H12N4O3/c14-8-6-10(16-11(7-8)17-13(19)20)12(18)15-9-4-2-1-3-5-9/h1-7H,(H,15,18)(H,19,20)(H3,14,16,17). The first-order chi connectivity index (χ1) is 9.54.